The molecule has 0 fully saturated rings. The van der Waals surface area contributed by atoms with E-state index in [2.05, 4.69) is 94.9 Å². The predicted molar refractivity (Wildman–Crippen MR) is 130 cm³/mol. The van der Waals surface area contributed by atoms with Crippen LogP contribution in [0.15, 0.2) is 72.8 Å². The lowest BCUT2D eigenvalue weighted by Crippen LogP contribution is -2.03. The molecule has 1 unspecified atom stereocenters. The van der Waals surface area contributed by atoms with Crippen molar-refractivity contribution in [2.45, 2.75) is 80.1 Å². The zero-order valence-corrected chi connectivity index (χ0v) is 19.5. The highest BCUT2D eigenvalue weighted by molar-refractivity contribution is 5.76. The van der Waals surface area contributed by atoms with E-state index in [9.17, 15) is 0 Å². The average Bonchev–Trinajstić information content (AvgIpc) is 2.76. The Labute approximate surface area is 175 Å². The summed E-state index contributed by atoms with van der Waals surface area (Å²) in [4.78, 5) is 0. The van der Waals surface area contributed by atoms with Gasteiger partial charge in [0, 0.05) is 5.92 Å². The van der Waals surface area contributed by atoms with E-state index >= 15 is 0 Å². The lowest BCUT2D eigenvalue weighted by atomic mass is 9.84. The first-order valence-corrected chi connectivity index (χ1v) is 11.1. The van der Waals surface area contributed by atoms with Crippen molar-refractivity contribution < 1.29 is 0 Å². The number of benzene rings is 2. The van der Waals surface area contributed by atoms with Crippen LogP contribution >= 0.6 is 0 Å². The zero-order chi connectivity index (χ0) is 21.5. The highest BCUT2D eigenvalue weighted by Crippen LogP contribution is 2.33. The molecular formula is C28H42. The van der Waals surface area contributed by atoms with Crippen molar-refractivity contribution in [3.05, 3.63) is 89.5 Å². The molecule has 0 bridgehead atoms. The average molecular weight is 379 g/mol. The van der Waals surface area contributed by atoms with Gasteiger partial charge in [0.15, 0.2) is 0 Å². The van der Waals surface area contributed by atoms with Crippen molar-refractivity contribution in [1.29, 1.82) is 0 Å². The van der Waals surface area contributed by atoms with E-state index in [0.29, 0.717) is 11.8 Å². The second-order valence-electron chi connectivity index (χ2n) is 6.87. The minimum Gasteiger partial charge on any atom is -0.0909 e. The van der Waals surface area contributed by atoms with Gasteiger partial charge in [0.1, 0.15) is 0 Å². The first-order valence-electron chi connectivity index (χ1n) is 11.1. The van der Waals surface area contributed by atoms with Crippen LogP contribution in [0.5, 0.6) is 0 Å². The molecule has 0 amide bonds. The van der Waals surface area contributed by atoms with Gasteiger partial charge in [0.25, 0.3) is 0 Å². The number of allylic oxidation sites excluding steroid dienone is 3. The summed E-state index contributed by atoms with van der Waals surface area (Å²) in [6, 6.07) is 19.4. The monoisotopic (exact) mass is 378 g/mol. The quantitative estimate of drug-likeness (QED) is 0.421. The Kier molecular flexibility index (Phi) is 13.8. The maximum Gasteiger partial charge on any atom is 0.00266 e. The summed E-state index contributed by atoms with van der Waals surface area (Å²) in [6.45, 7) is 21.3. The van der Waals surface area contributed by atoms with Crippen LogP contribution in [0.1, 0.15) is 96.8 Å². The molecule has 0 saturated carbocycles. The molecule has 0 heteroatoms. The van der Waals surface area contributed by atoms with Gasteiger partial charge in [0.2, 0.25) is 0 Å². The third-order valence-corrected chi connectivity index (χ3v) is 4.67. The summed E-state index contributed by atoms with van der Waals surface area (Å²) in [5.74, 6) is 1.00. The van der Waals surface area contributed by atoms with Gasteiger partial charge in [0.05, 0.1) is 0 Å². The van der Waals surface area contributed by atoms with E-state index in [4.69, 9.17) is 0 Å². The summed E-state index contributed by atoms with van der Waals surface area (Å²) in [5.41, 5.74) is 6.54. The Morgan fingerprint density at radius 3 is 1.86 bits per heavy atom. The van der Waals surface area contributed by atoms with Crippen molar-refractivity contribution in [3.63, 3.8) is 0 Å². The Hall–Kier alpha value is -2.08. The van der Waals surface area contributed by atoms with Gasteiger partial charge in [-0.1, -0.05) is 122 Å². The molecule has 0 aliphatic carbocycles. The third kappa shape index (κ3) is 7.89. The highest BCUT2D eigenvalue weighted by Gasteiger charge is 2.15. The second-order valence-corrected chi connectivity index (χ2v) is 6.87. The van der Waals surface area contributed by atoms with Crippen molar-refractivity contribution >= 4 is 5.57 Å². The molecule has 0 aromatic heterocycles. The molecule has 154 valence electrons. The minimum atomic E-state index is 0.453. The number of rotatable bonds is 7. The lowest BCUT2D eigenvalue weighted by molar-refractivity contribution is 0.697. The van der Waals surface area contributed by atoms with Crippen LogP contribution in [-0.2, 0) is 0 Å². The van der Waals surface area contributed by atoms with Crippen LogP contribution in [-0.4, -0.2) is 0 Å². The molecule has 2 aromatic carbocycles. The zero-order valence-electron chi connectivity index (χ0n) is 19.5. The number of hydrogen-bond donors (Lipinski definition) is 0. The second kappa shape index (κ2) is 14.9. The summed E-state index contributed by atoms with van der Waals surface area (Å²) >= 11 is 0. The molecule has 28 heavy (non-hydrogen) atoms. The first kappa shape index (κ1) is 25.9. The Morgan fingerprint density at radius 2 is 1.36 bits per heavy atom. The molecule has 0 radical (unpaired) electrons. The lowest BCUT2D eigenvalue weighted by Gasteiger charge is -2.20. The molecular weight excluding hydrogens is 336 g/mol. The largest absolute Gasteiger partial charge is 0.0909 e. The van der Waals surface area contributed by atoms with Crippen LogP contribution in [0, 0.1) is 0 Å². The molecule has 0 nitrogen and oxygen atoms in total. The van der Waals surface area contributed by atoms with Gasteiger partial charge in [-0.25, -0.2) is 0 Å². The molecule has 0 heterocycles. The van der Waals surface area contributed by atoms with E-state index in [1.165, 1.54) is 35.1 Å². The van der Waals surface area contributed by atoms with E-state index < -0.39 is 0 Å². The Bertz CT molecular complexity index is 689. The fourth-order valence-electron chi connectivity index (χ4n) is 3.28. The maximum absolute atomic E-state index is 4.32. The van der Waals surface area contributed by atoms with Crippen molar-refractivity contribution in [2.24, 2.45) is 0 Å². The van der Waals surface area contributed by atoms with Crippen molar-refractivity contribution in [1.82, 2.24) is 0 Å². The standard InChI is InChI=1S/C24H30.2C2H6/c1-6-12-22(24-16-11-10-15-23(24)18(2)3)17-19(4)20(5)21-13-8-7-9-14-21;2*1-2/h7-11,13-18,22H,5-6,12H2,1-4H3;2*1-2H3/b19-17-;;. The van der Waals surface area contributed by atoms with Gasteiger partial charge in [-0.2, -0.15) is 0 Å². The van der Waals surface area contributed by atoms with Gasteiger partial charge in [-0.05, 0) is 47.1 Å². The first-order chi connectivity index (χ1) is 13.5. The van der Waals surface area contributed by atoms with E-state index in [-0.39, 0.29) is 0 Å². The van der Waals surface area contributed by atoms with E-state index in [1.807, 2.05) is 27.7 Å². The normalized spacial score (nSPS) is 11.7. The molecule has 0 aliphatic rings. The van der Waals surface area contributed by atoms with Gasteiger partial charge >= 0.3 is 0 Å². The van der Waals surface area contributed by atoms with Gasteiger partial charge in [-0.15, -0.1) is 0 Å². The summed E-state index contributed by atoms with van der Waals surface area (Å²) < 4.78 is 0. The van der Waals surface area contributed by atoms with Gasteiger partial charge in [-0.3, -0.25) is 0 Å². The molecule has 2 aromatic rings. The van der Waals surface area contributed by atoms with Crippen molar-refractivity contribution in [2.75, 3.05) is 0 Å². The Morgan fingerprint density at radius 1 is 0.857 bits per heavy atom. The van der Waals surface area contributed by atoms with E-state index in [0.717, 1.165) is 5.57 Å². The molecule has 0 saturated heterocycles. The fraction of sp³-hybridized carbons (Fsp3) is 0.429. The van der Waals surface area contributed by atoms with Crippen LogP contribution in [0.25, 0.3) is 5.57 Å². The third-order valence-electron chi connectivity index (χ3n) is 4.67. The van der Waals surface area contributed by atoms with Gasteiger partial charge < -0.3 is 0 Å². The van der Waals surface area contributed by atoms with Crippen LogP contribution < -0.4 is 0 Å². The van der Waals surface area contributed by atoms with Crippen LogP contribution in [0.3, 0.4) is 0 Å². The Balaban J connectivity index is 0.00000171. The number of hydrogen-bond acceptors (Lipinski definition) is 0. The van der Waals surface area contributed by atoms with Crippen LogP contribution in [0.4, 0.5) is 0 Å². The maximum atomic E-state index is 4.32. The summed E-state index contributed by atoms with van der Waals surface area (Å²) in [5, 5.41) is 0. The molecule has 0 aliphatic heterocycles. The SMILES string of the molecule is C=C(/C(C)=C\C(CCC)c1ccccc1C(C)C)c1ccccc1.CC.CC. The predicted octanol–water partition coefficient (Wildman–Crippen LogP) is 9.41. The van der Waals surface area contributed by atoms with Crippen LogP contribution in [0.2, 0.25) is 0 Å². The molecule has 2 rings (SSSR count). The molecule has 0 N–H and O–H groups in total. The molecule has 1 atom stereocenters. The minimum absolute atomic E-state index is 0.453. The highest BCUT2D eigenvalue weighted by atomic mass is 14.2. The summed E-state index contributed by atoms with van der Waals surface area (Å²) in [6.07, 6.45) is 4.77. The fourth-order valence-corrected chi connectivity index (χ4v) is 3.28. The molecule has 0 spiro atoms. The van der Waals surface area contributed by atoms with E-state index in [1.54, 1.807) is 0 Å². The smallest absolute Gasteiger partial charge is 0.00266 e. The van der Waals surface area contributed by atoms with Crippen molar-refractivity contribution in [3.8, 4) is 0 Å². The topological polar surface area (TPSA) is 0 Å². The summed E-state index contributed by atoms with van der Waals surface area (Å²) in [7, 11) is 0.